The summed E-state index contributed by atoms with van der Waals surface area (Å²) in [5.41, 5.74) is 2.45. The molecule has 0 unspecified atom stereocenters. The third-order valence-electron chi connectivity index (χ3n) is 5.38. The summed E-state index contributed by atoms with van der Waals surface area (Å²) in [6, 6.07) is 21.7. The first-order chi connectivity index (χ1) is 17.9. The SMILES string of the molecule is COc1cc(/C=C2\SC(=O)N(CCOc3ccc(C)cc3)C2=O)ccc1OCC(=O)Nc1ccccc1. The maximum atomic E-state index is 12.8. The molecule has 0 radical (unpaired) electrons. The van der Waals surface area contributed by atoms with Crippen LogP contribution in [-0.2, 0) is 9.59 Å². The van der Waals surface area contributed by atoms with E-state index in [1.54, 1.807) is 36.4 Å². The topological polar surface area (TPSA) is 94.2 Å². The number of imide groups is 1. The summed E-state index contributed by atoms with van der Waals surface area (Å²) in [5, 5.41) is 2.40. The van der Waals surface area contributed by atoms with E-state index in [2.05, 4.69) is 5.32 Å². The largest absolute Gasteiger partial charge is 0.493 e. The Labute approximate surface area is 219 Å². The van der Waals surface area contributed by atoms with Gasteiger partial charge in [0.25, 0.3) is 17.1 Å². The number of hydrogen-bond donors (Lipinski definition) is 1. The molecule has 1 aliphatic rings. The van der Waals surface area contributed by atoms with E-state index in [0.717, 1.165) is 17.3 Å². The fourth-order valence-corrected chi connectivity index (χ4v) is 4.35. The highest BCUT2D eigenvalue weighted by Crippen LogP contribution is 2.34. The fraction of sp³-hybridized carbons (Fsp3) is 0.179. The highest BCUT2D eigenvalue weighted by molar-refractivity contribution is 8.18. The van der Waals surface area contributed by atoms with Gasteiger partial charge in [0.05, 0.1) is 18.6 Å². The van der Waals surface area contributed by atoms with Gasteiger partial charge < -0.3 is 19.5 Å². The lowest BCUT2D eigenvalue weighted by atomic mass is 10.2. The lowest BCUT2D eigenvalue weighted by Gasteiger charge is -2.13. The summed E-state index contributed by atoms with van der Waals surface area (Å²) in [4.78, 5) is 38.9. The first-order valence-corrected chi connectivity index (χ1v) is 12.3. The van der Waals surface area contributed by atoms with Crippen molar-refractivity contribution in [2.24, 2.45) is 0 Å². The number of ether oxygens (including phenoxy) is 3. The maximum Gasteiger partial charge on any atom is 0.293 e. The molecule has 3 aromatic rings. The van der Waals surface area contributed by atoms with Gasteiger partial charge in [-0.3, -0.25) is 19.3 Å². The molecule has 37 heavy (non-hydrogen) atoms. The number of anilines is 1. The first-order valence-electron chi connectivity index (χ1n) is 11.5. The number of benzene rings is 3. The number of para-hydroxylation sites is 1. The van der Waals surface area contributed by atoms with Gasteiger partial charge in [-0.1, -0.05) is 42.0 Å². The van der Waals surface area contributed by atoms with Crippen LogP contribution in [0.2, 0.25) is 0 Å². The molecule has 8 nitrogen and oxygen atoms in total. The van der Waals surface area contributed by atoms with Crippen LogP contribution in [0.3, 0.4) is 0 Å². The zero-order valence-electron chi connectivity index (χ0n) is 20.4. The third kappa shape index (κ3) is 6.92. The first kappa shape index (κ1) is 25.8. The van der Waals surface area contributed by atoms with Crippen molar-refractivity contribution < 1.29 is 28.6 Å². The van der Waals surface area contributed by atoms with Crippen molar-refractivity contribution in [1.29, 1.82) is 0 Å². The molecular weight excluding hydrogens is 492 g/mol. The van der Waals surface area contributed by atoms with Crippen molar-refractivity contribution in [1.82, 2.24) is 4.90 Å². The normalized spacial score (nSPS) is 14.1. The molecule has 3 amide bonds. The highest BCUT2D eigenvalue weighted by atomic mass is 32.2. The van der Waals surface area contributed by atoms with Crippen LogP contribution in [-0.4, -0.2) is 48.8 Å². The number of hydrogen-bond acceptors (Lipinski definition) is 7. The van der Waals surface area contributed by atoms with E-state index in [0.29, 0.717) is 33.4 Å². The predicted molar refractivity (Wildman–Crippen MR) is 143 cm³/mol. The Kier molecular flexibility index (Phi) is 8.48. The van der Waals surface area contributed by atoms with Crippen LogP contribution in [0.15, 0.2) is 77.7 Å². The molecule has 1 saturated heterocycles. The summed E-state index contributed by atoms with van der Waals surface area (Å²) in [6.45, 7) is 2.13. The van der Waals surface area contributed by atoms with Crippen LogP contribution in [0.4, 0.5) is 10.5 Å². The minimum atomic E-state index is -0.376. The summed E-state index contributed by atoms with van der Waals surface area (Å²) in [6.07, 6.45) is 1.63. The molecule has 0 aliphatic carbocycles. The van der Waals surface area contributed by atoms with Gasteiger partial charge >= 0.3 is 0 Å². The van der Waals surface area contributed by atoms with Crippen LogP contribution in [0.5, 0.6) is 17.2 Å². The Hall–Kier alpha value is -4.24. The van der Waals surface area contributed by atoms with Crippen molar-refractivity contribution in [2.75, 3.05) is 32.2 Å². The molecular formula is C28H26N2O6S. The van der Waals surface area contributed by atoms with E-state index in [1.807, 2.05) is 49.4 Å². The van der Waals surface area contributed by atoms with E-state index in [-0.39, 0.29) is 36.8 Å². The Morgan fingerprint density at radius 2 is 1.73 bits per heavy atom. The Balaban J connectivity index is 1.35. The zero-order valence-corrected chi connectivity index (χ0v) is 21.2. The van der Waals surface area contributed by atoms with Crippen LogP contribution in [0.1, 0.15) is 11.1 Å². The van der Waals surface area contributed by atoms with E-state index < -0.39 is 0 Å². The molecule has 1 N–H and O–H groups in total. The lowest BCUT2D eigenvalue weighted by Crippen LogP contribution is -2.32. The number of nitrogens with one attached hydrogen (secondary N) is 1. The molecule has 1 aliphatic heterocycles. The fourth-order valence-electron chi connectivity index (χ4n) is 3.49. The number of thioether (sulfide) groups is 1. The molecule has 4 rings (SSSR count). The number of carbonyl (C=O) groups is 3. The van der Waals surface area contributed by atoms with Gasteiger partial charge in [-0.25, -0.2) is 0 Å². The molecule has 3 aromatic carbocycles. The summed E-state index contributed by atoms with van der Waals surface area (Å²) >= 11 is 0.876. The molecule has 190 valence electrons. The summed E-state index contributed by atoms with van der Waals surface area (Å²) in [7, 11) is 1.48. The number of aryl methyl sites for hydroxylation is 1. The highest BCUT2D eigenvalue weighted by Gasteiger charge is 2.34. The van der Waals surface area contributed by atoms with Gasteiger partial charge in [0, 0.05) is 5.69 Å². The van der Waals surface area contributed by atoms with Crippen molar-refractivity contribution in [3.05, 3.63) is 88.8 Å². The Morgan fingerprint density at radius 3 is 2.46 bits per heavy atom. The Morgan fingerprint density at radius 1 is 0.973 bits per heavy atom. The number of nitrogens with zero attached hydrogens (tertiary/aromatic N) is 1. The minimum Gasteiger partial charge on any atom is -0.493 e. The standard InChI is InChI=1S/C28H26N2O6S/c1-19-8-11-22(12-9-19)35-15-14-30-27(32)25(37-28(30)33)17-20-10-13-23(24(16-20)34-2)36-18-26(31)29-21-6-4-3-5-7-21/h3-13,16-17H,14-15,18H2,1-2H3,(H,29,31)/b25-17-. The van der Waals surface area contributed by atoms with Gasteiger partial charge in [-0.2, -0.15) is 0 Å². The van der Waals surface area contributed by atoms with Gasteiger partial charge in [0.2, 0.25) is 0 Å². The van der Waals surface area contributed by atoms with Crippen LogP contribution in [0.25, 0.3) is 6.08 Å². The van der Waals surface area contributed by atoms with Crippen molar-refractivity contribution in [2.45, 2.75) is 6.92 Å². The van der Waals surface area contributed by atoms with Gasteiger partial charge in [0.1, 0.15) is 12.4 Å². The maximum absolute atomic E-state index is 12.8. The minimum absolute atomic E-state index is 0.150. The Bertz CT molecular complexity index is 1310. The lowest BCUT2D eigenvalue weighted by molar-refractivity contribution is -0.123. The van der Waals surface area contributed by atoms with Gasteiger partial charge in [-0.05, 0) is 66.7 Å². The van der Waals surface area contributed by atoms with Crippen LogP contribution >= 0.6 is 11.8 Å². The average Bonchev–Trinajstić information content (AvgIpc) is 3.16. The molecule has 0 saturated carbocycles. The number of methoxy groups -OCH3 is 1. The van der Waals surface area contributed by atoms with Gasteiger partial charge in [0.15, 0.2) is 18.1 Å². The molecule has 1 heterocycles. The zero-order chi connectivity index (χ0) is 26.2. The molecule has 0 bridgehead atoms. The van der Waals surface area contributed by atoms with E-state index in [1.165, 1.54) is 12.0 Å². The number of carbonyl (C=O) groups excluding carboxylic acids is 3. The average molecular weight is 519 g/mol. The van der Waals surface area contributed by atoms with E-state index in [9.17, 15) is 14.4 Å². The molecule has 0 atom stereocenters. The monoisotopic (exact) mass is 518 g/mol. The smallest absolute Gasteiger partial charge is 0.293 e. The van der Waals surface area contributed by atoms with Crippen LogP contribution < -0.4 is 19.5 Å². The second-order valence-corrected chi connectivity index (χ2v) is 9.10. The quantitative estimate of drug-likeness (QED) is 0.372. The second-order valence-electron chi connectivity index (χ2n) is 8.11. The van der Waals surface area contributed by atoms with Crippen LogP contribution in [0, 0.1) is 6.92 Å². The summed E-state index contributed by atoms with van der Waals surface area (Å²) in [5.74, 6) is 0.771. The van der Waals surface area contributed by atoms with Crippen molar-refractivity contribution >= 4 is 40.6 Å². The number of amides is 3. The molecule has 1 fully saturated rings. The second kappa shape index (κ2) is 12.1. The summed E-state index contributed by atoms with van der Waals surface area (Å²) < 4.78 is 16.7. The van der Waals surface area contributed by atoms with E-state index >= 15 is 0 Å². The van der Waals surface area contributed by atoms with Crippen molar-refractivity contribution in [3.63, 3.8) is 0 Å². The number of rotatable bonds is 10. The van der Waals surface area contributed by atoms with E-state index in [4.69, 9.17) is 14.2 Å². The molecule has 9 heteroatoms. The predicted octanol–water partition coefficient (Wildman–Crippen LogP) is 5.14. The third-order valence-corrected chi connectivity index (χ3v) is 6.29. The van der Waals surface area contributed by atoms with Crippen molar-refractivity contribution in [3.8, 4) is 17.2 Å². The molecule has 0 spiro atoms. The van der Waals surface area contributed by atoms with Gasteiger partial charge in [-0.15, -0.1) is 0 Å². The molecule has 0 aromatic heterocycles.